The van der Waals surface area contributed by atoms with Crippen molar-refractivity contribution in [1.82, 2.24) is 4.98 Å². The summed E-state index contributed by atoms with van der Waals surface area (Å²) in [6.07, 6.45) is 3.28. The van der Waals surface area contributed by atoms with Gasteiger partial charge in [0, 0.05) is 6.07 Å². The van der Waals surface area contributed by atoms with Gasteiger partial charge < -0.3 is 0 Å². The Balaban J connectivity index is 2.47. The predicted molar refractivity (Wildman–Crippen MR) is 75.7 cm³/mol. The zero-order valence-corrected chi connectivity index (χ0v) is 10.8. The molecule has 5 heteroatoms. The van der Waals surface area contributed by atoms with Gasteiger partial charge in [0.15, 0.2) is 0 Å². The quantitative estimate of drug-likeness (QED) is 0.629. The van der Waals surface area contributed by atoms with E-state index < -0.39 is 4.92 Å². The van der Waals surface area contributed by atoms with Crippen molar-refractivity contribution in [3.8, 4) is 6.07 Å². The van der Waals surface area contributed by atoms with Crippen molar-refractivity contribution in [2.45, 2.75) is 6.92 Å². The average molecular weight is 265 g/mol. The van der Waals surface area contributed by atoms with Crippen LogP contribution in [-0.4, -0.2) is 9.91 Å². The van der Waals surface area contributed by atoms with Gasteiger partial charge in [-0.25, -0.2) is 4.98 Å². The zero-order chi connectivity index (χ0) is 14.5. The molecule has 0 amide bonds. The van der Waals surface area contributed by atoms with E-state index in [4.69, 9.17) is 5.26 Å². The first kappa shape index (κ1) is 13.4. The van der Waals surface area contributed by atoms with Gasteiger partial charge in [-0.05, 0) is 24.1 Å². The molecule has 1 aromatic carbocycles. The molecule has 0 unspecified atom stereocenters. The molecule has 20 heavy (non-hydrogen) atoms. The van der Waals surface area contributed by atoms with Crippen LogP contribution in [0.1, 0.15) is 22.5 Å². The SMILES string of the molecule is Cc1cc([N+](=O)[O-])c(/C=C/c2ccccc2)nc1C#N. The van der Waals surface area contributed by atoms with Crippen LogP contribution >= 0.6 is 0 Å². The van der Waals surface area contributed by atoms with E-state index in [1.54, 1.807) is 19.1 Å². The summed E-state index contributed by atoms with van der Waals surface area (Å²) < 4.78 is 0. The Bertz CT molecular complexity index is 716. The number of hydrogen-bond donors (Lipinski definition) is 0. The Labute approximate surface area is 116 Å². The number of nitriles is 1. The van der Waals surface area contributed by atoms with E-state index in [-0.39, 0.29) is 17.1 Å². The Hall–Kier alpha value is -3.00. The smallest absolute Gasteiger partial charge is 0.258 e. The molecule has 0 aliphatic carbocycles. The van der Waals surface area contributed by atoms with Gasteiger partial charge in [-0.15, -0.1) is 0 Å². The van der Waals surface area contributed by atoms with Crippen molar-refractivity contribution < 1.29 is 4.92 Å². The second kappa shape index (κ2) is 5.76. The molecule has 2 rings (SSSR count). The highest BCUT2D eigenvalue weighted by Crippen LogP contribution is 2.22. The lowest BCUT2D eigenvalue weighted by molar-refractivity contribution is -0.385. The van der Waals surface area contributed by atoms with Crippen LogP contribution in [0.3, 0.4) is 0 Å². The standard InChI is InChI=1S/C15H11N3O2/c1-11-9-15(18(19)20)13(17-14(11)10-16)8-7-12-5-3-2-4-6-12/h2-9H,1H3/b8-7+. The number of hydrogen-bond acceptors (Lipinski definition) is 4. The first-order valence-corrected chi connectivity index (χ1v) is 5.91. The molecular formula is C15H11N3O2. The van der Waals surface area contributed by atoms with Gasteiger partial charge in [-0.3, -0.25) is 10.1 Å². The van der Waals surface area contributed by atoms with Gasteiger partial charge in [0.05, 0.1) is 4.92 Å². The van der Waals surface area contributed by atoms with Crippen molar-refractivity contribution in [3.05, 3.63) is 69.0 Å². The third kappa shape index (κ3) is 2.87. The maximum Gasteiger partial charge on any atom is 0.295 e. The first-order valence-electron chi connectivity index (χ1n) is 5.91. The van der Waals surface area contributed by atoms with Crippen molar-refractivity contribution >= 4 is 17.8 Å². The third-order valence-corrected chi connectivity index (χ3v) is 2.76. The lowest BCUT2D eigenvalue weighted by Gasteiger charge is -2.01. The Morgan fingerprint density at radius 2 is 2.00 bits per heavy atom. The van der Waals surface area contributed by atoms with Crippen LogP contribution < -0.4 is 0 Å². The minimum absolute atomic E-state index is 0.103. The summed E-state index contributed by atoms with van der Waals surface area (Å²) in [7, 11) is 0. The summed E-state index contributed by atoms with van der Waals surface area (Å²) in [4.78, 5) is 14.6. The Morgan fingerprint density at radius 1 is 1.30 bits per heavy atom. The van der Waals surface area contributed by atoms with Crippen LogP contribution in [-0.2, 0) is 0 Å². The van der Waals surface area contributed by atoms with Crippen LogP contribution in [0.15, 0.2) is 36.4 Å². The molecule has 5 nitrogen and oxygen atoms in total. The largest absolute Gasteiger partial charge is 0.295 e. The van der Waals surface area contributed by atoms with E-state index >= 15 is 0 Å². The molecule has 0 aliphatic rings. The van der Waals surface area contributed by atoms with E-state index in [0.29, 0.717) is 5.56 Å². The molecule has 0 aliphatic heterocycles. The van der Waals surface area contributed by atoms with Gasteiger partial charge in [0.1, 0.15) is 17.5 Å². The van der Waals surface area contributed by atoms with Crippen molar-refractivity contribution in [3.63, 3.8) is 0 Å². The molecule has 0 N–H and O–H groups in total. The third-order valence-electron chi connectivity index (χ3n) is 2.76. The summed E-state index contributed by atoms with van der Waals surface area (Å²) in [6, 6.07) is 12.7. The maximum absolute atomic E-state index is 11.0. The van der Waals surface area contributed by atoms with Crippen molar-refractivity contribution in [1.29, 1.82) is 5.26 Å². The highest BCUT2D eigenvalue weighted by atomic mass is 16.6. The summed E-state index contributed by atoms with van der Waals surface area (Å²) in [5, 5.41) is 20.0. The number of nitrogens with zero attached hydrogens (tertiary/aromatic N) is 3. The average Bonchev–Trinajstić information content (AvgIpc) is 2.46. The lowest BCUT2D eigenvalue weighted by atomic mass is 10.1. The van der Waals surface area contributed by atoms with Crippen LogP contribution in [0.25, 0.3) is 12.2 Å². The highest BCUT2D eigenvalue weighted by molar-refractivity contribution is 5.72. The molecule has 0 bridgehead atoms. The molecule has 0 saturated carbocycles. The van der Waals surface area contributed by atoms with Crippen LogP contribution in [0, 0.1) is 28.4 Å². The number of rotatable bonds is 3. The molecule has 0 spiro atoms. The van der Waals surface area contributed by atoms with Gasteiger partial charge in [-0.2, -0.15) is 5.26 Å². The van der Waals surface area contributed by atoms with E-state index in [1.807, 2.05) is 36.4 Å². The van der Waals surface area contributed by atoms with Crippen molar-refractivity contribution in [2.24, 2.45) is 0 Å². The van der Waals surface area contributed by atoms with Gasteiger partial charge in [0.25, 0.3) is 5.69 Å². The summed E-state index contributed by atoms with van der Waals surface area (Å²) in [6.45, 7) is 1.63. The van der Waals surface area contributed by atoms with E-state index in [1.165, 1.54) is 6.07 Å². The molecular weight excluding hydrogens is 254 g/mol. The van der Waals surface area contributed by atoms with Crippen LogP contribution in [0.2, 0.25) is 0 Å². The Morgan fingerprint density at radius 3 is 2.60 bits per heavy atom. The van der Waals surface area contributed by atoms with Crippen molar-refractivity contribution in [2.75, 3.05) is 0 Å². The molecule has 1 aromatic heterocycles. The highest BCUT2D eigenvalue weighted by Gasteiger charge is 2.16. The first-order chi connectivity index (χ1) is 9.61. The minimum atomic E-state index is -0.494. The molecule has 2 aromatic rings. The fraction of sp³-hybridized carbons (Fsp3) is 0.0667. The second-order valence-corrected chi connectivity index (χ2v) is 4.17. The summed E-state index contributed by atoms with van der Waals surface area (Å²) >= 11 is 0. The molecule has 0 radical (unpaired) electrons. The lowest BCUT2D eigenvalue weighted by Crippen LogP contribution is -1.98. The van der Waals surface area contributed by atoms with Gasteiger partial charge >= 0.3 is 0 Å². The summed E-state index contributed by atoms with van der Waals surface area (Å²) in [5.74, 6) is 0. The number of benzene rings is 1. The number of pyridine rings is 1. The topological polar surface area (TPSA) is 79.8 Å². The maximum atomic E-state index is 11.0. The minimum Gasteiger partial charge on any atom is -0.258 e. The van der Waals surface area contributed by atoms with Crippen LogP contribution in [0.5, 0.6) is 0 Å². The molecule has 0 saturated heterocycles. The molecule has 0 atom stereocenters. The summed E-state index contributed by atoms with van der Waals surface area (Å²) in [5.41, 5.74) is 1.68. The molecule has 0 fully saturated rings. The normalized spacial score (nSPS) is 10.4. The fourth-order valence-electron chi connectivity index (χ4n) is 1.73. The predicted octanol–water partition coefficient (Wildman–Crippen LogP) is 3.34. The monoisotopic (exact) mass is 265 g/mol. The zero-order valence-electron chi connectivity index (χ0n) is 10.8. The number of aryl methyl sites for hydroxylation is 1. The van der Waals surface area contributed by atoms with Gasteiger partial charge in [-0.1, -0.05) is 36.4 Å². The number of nitro groups is 1. The van der Waals surface area contributed by atoms with E-state index in [9.17, 15) is 10.1 Å². The molecule has 98 valence electrons. The Kier molecular flexibility index (Phi) is 3.87. The van der Waals surface area contributed by atoms with Crippen LogP contribution in [0.4, 0.5) is 5.69 Å². The van der Waals surface area contributed by atoms with E-state index in [2.05, 4.69) is 4.98 Å². The fourth-order valence-corrected chi connectivity index (χ4v) is 1.73. The molecule has 1 heterocycles. The van der Waals surface area contributed by atoms with E-state index in [0.717, 1.165) is 5.56 Å². The second-order valence-electron chi connectivity index (χ2n) is 4.17. The van der Waals surface area contributed by atoms with Gasteiger partial charge in [0.2, 0.25) is 0 Å². The number of aromatic nitrogens is 1.